The average Bonchev–Trinajstić information content (AvgIpc) is 2.28. The third-order valence-electron chi connectivity index (χ3n) is 2.24. The highest BCUT2D eigenvalue weighted by atomic mass is 32.2. The molecule has 1 heterocycles. The second-order valence-corrected chi connectivity index (χ2v) is 4.62. The van der Waals surface area contributed by atoms with Crippen molar-refractivity contribution < 1.29 is 0 Å². The molecule has 3 N–H and O–H groups in total. The van der Waals surface area contributed by atoms with Gasteiger partial charge in [-0.3, -0.25) is 0 Å². The van der Waals surface area contributed by atoms with Crippen LogP contribution in [0.2, 0.25) is 0 Å². The van der Waals surface area contributed by atoms with E-state index >= 15 is 0 Å². The Bertz CT molecular complexity index is 293. The van der Waals surface area contributed by atoms with Gasteiger partial charge in [0.1, 0.15) is 5.82 Å². The molecule has 0 atom stereocenters. The van der Waals surface area contributed by atoms with Crippen molar-refractivity contribution >= 4 is 23.5 Å². The molecule has 0 bridgehead atoms. The van der Waals surface area contributed by atoms with Crippen molar-refractivity contribution in [3.8, 4) is 0 Å². The van der Waals surface area contributed by atoms with Crippen LogP contribution < -0.4 is 11.1 Å². The van der Waals surface area contributed by atoms with E-state index in [4.69, 9.17) is 5.73 Å². The molecule has 0 aliphatic heterocycles. The average molecular weight is 240 g/mol. The van der Waals surface area contributed by atoms with Crippen LogP contribution in [0.4, 0.5) is 11.8 Å². The third-order valence-corrected chi connectivity index (χ3v) is 2.93. The number of nitrogens with two attached hydrogens (primary N) is 1. The molecule has 5 heteroatoms. The van der Waals surface area contributed by atoms with Crippen LogP contribution >= 0.6 is 11.8 Å². The molecule has 0 saturated carbocycles. The third kappa shape index (κ3) is 5.80. The zero-order valence-electron chi connectivity index (χ0n) is 9.78. The van der Waals surface area contributed by atoms with E-state index < -0.39 is 0 Å². The first-order valence-electron chi connectivity index (χ1n) is 5.64. The summed E-state index contributed by atoms with van der Waals surface area (Å²) < 4.78 is 0. The summed E-state index contributed by atoms with van der Waals surface area (Å²) >= 11 is 1.91. The molecule has 0 spiro atoms. The fraction of sp³-hybridized carbons (Fsp3) is 0.636. The molecule has 0 aliphatic carbocycles. The maximum atomic E-state index is 5.55. The van der Waals surface area contributed by atoms with Gasteiger partial charge in [-0.25, -0.2) is 4.98 Å². The minimum atomic E-state index is 0.512. The fourth-order valence-corrected chi connectivity index (χ4v) is 1.88. The highest BCUT2D eigenvalue weighted by molar-refractivity contribution is 7.98. The van der Waals surface area contributed by atoms with E-state index in [1.807, 2.05) is 11.8 Å². The van der Waals surface area contributed by atoms with E-state index in [1.54, 1.807) is 12.3 Å². The van der Waals surface area contributed by atoms with E-state index in [0.29, 0.717) is 11.8 Å². The number of thioether (sulfide) groups is 1. The Morgan fingerprint density at radius 1 is 1.31 bits per heavy atom. The first kappa shape index (κ1) is 13.1. The molecule has 1 aromatic rings. The van der Waals surface area contributed by atoms with E-state index in [9.17, 15) is 0 Å². The van der Waals surface area contributed by atoms with Crippen LogP contribution in [0.1, 0.15) is 25.7 Å². The zero-order chi connectivity index (χ0) is 11.6. The molecular weight excluding hydrogens is 220 g/mol. The van der Waals surface area contributed by atoms with Gasteiger partial charge in [0, 0.05) is 12.7 Å². The molecule has 16 heavy (non-hydrogen) atoms. The van der Waals surface area contributed by atoms with Gasteiger partial charge >= 0.3 is 0 Å². The number of anilines is 2. The van der Waals surface area contributed by atoms with Crippen LogP contribution in [0.25, 0.3) is 0 Å². The van der Waals surface area contributed by atoms with Crippen LogP contribution in [0.3, 0.4) is 0 Å². The standard InChI is InChI=1S/C11H20N4S/c1-16-9-5-3-2-4-7-13-11-14-8-6-10(12)15-11/h6,8H,2-5,7,9H2,1H3,(H3,12,13,14,15). The molecule has 0 radical (unpaired) electrons. The number of hydrogen-bond donors (Lipinski definition) is 2. The SMILES string of the molecule is CSCCCCCCNc1nccc(N)n1. The van der Waals surface area contributed by atoms with Gasteiger partial charge in [-0.2, -0.15) is 16.7 Å². The van der Waals surface area contributed by atoms with Crippen LogP contribution in [0.15, 0.2) is 12.3 Å². The summed E-state index contributed by atoms with van der Waals surface area (Å²) in [4.78, 5) is 8.15. The lowest BCUT2D eigenvalue weighted by atomic mass is 10.2. The molecule has 0 saturated heterocycles. The van der Waals surface area contributed by atoms with E-state index in [-0.39, 0.29) is 0 Å². The second kappa shape index (κ2) is 8.21. The van der Waals surface area contributed by atoms with Crippen molar-refractivity contribution in [2.45, 2.75) is 25.7 Å². The van der Waals surface area contributed by atoms with Crippen molar-refractivity contribution in [1.82, 2.24) is 9.97 Å². The molecule has 0 fully saturated rings. The van der Waals surface area contributed by atoms with E-state index in [1.165, 1.54) is 25.0 Å². The van der Waals surface area contributed by atoms with Crippen molar-refractivity contribution in [3.05, 3.63) is 12.3 Å². The number of nitrogens with zero attached hydrogens (tertiary/aromatic N) is 2. The van der Waals surface area contributed by atoms with Gasteiger partial charge < -0.3 is 11.1 Å². The molecule has 0 unspecified atom stereocenters. The molecule has 0 amide bonds. The Balaban J connectivity index is 2.03. The number of aromatic nitrogens is 2. The second-order valence-electron chi connectivity index (χ2n) is 3.64. The number of unbranched alkanes of at least 4 members (excludes halogenated alkanes) is 3. The normalized spacial score (nSPS) is 10.3. The van der Waals surface area contributed by atoms with Gasteiger partial charge in [0.25, 0.3) is 0 Å². The Labute approximate surface area is 101 Å². The molecule has 1 aromatic heterocycles. The van der Waals surface area contributed by atoms with Crippen LogP contribution in [-0.2, 0) is 0 Å². The van der Waals surface area contributed by atoms with Crippen molar-refractivity contribution in [3.63, 3.8) is 0 Å². The number of nitrogen functional groups attached to an aromatic ring is 1. The summed E-state index contributed by atoms with van der Waals surface area (Å²) in [5.74, 6) is 2.41. The first-order chi connectivity index (χ1) is 7.83. The van der Waals surface area contributed by atoms with Gasteiger partial charge in [0.15, 0.2) is 0 Å². The lowest BCUT2D eigenvalue weighted by Gasteiger charge is -2.04. The largest absolute Gasteiger partial charge is 0.384 e. The van der Waals surface area contributed by atoms with Crippen molar-refractivity contribution in [2.75, 3.05) is 29.6 Å². The summed E-state index contributed by atoms with van der Waals surface area (Å²) in [6.45, 7) is 0.919. The summed E-state index contributed by atoms with van der Waals surface area (Å²) in [6, 6.07) is 1.69. The zero-order valence-corrected chi connectivity index (χ0v) is 10.6. The minimum Gasteiger partial charge on any atom is -0.384 e. The summed E-state index contributed by atoms with van der Waals surface area (Å²) in [5.41, 5.74) is 5.55. The lowest BCUT2D eigenvalue weighted by molar-refractivity contribution is 0.687. The van der Waals surface area contributed by atoms with Gasteiger partial charge in [-0.1, -0.05) is 12.8 Å². The summed E-state index contributed by atoms with van der Waals surface area (Å²) in [6.07, 6.45) is 8.86. The Morgan fingerprint density at radius 2 is 2.12 bits per heavy atom. The molecule has 0 aliphatic rings. The Kier molecular flexibility index (Phi) is 6.72. The molecule has 0 aromatic carbocycles. The fourth-order valence-electron chi connectivity index (χ4n) is 1.38. The van der Waals surface area contributed by atoms with Crippen molar-refractivity contribution in [1.29, 1.82) is 0 Å². The molecular formula is C11H20N4S. The Morgan fingerprint density at radius 3 is 2.88 bits per heavy atom. The highest BCUT2D eigenvalue weighted by Crippen LogP contribution is 2.05. The first-order valence-corrected chi connectivity index (χ1v) is 7.03. The maximum absolute atomic E-state index is 5.55. The Hall–Kier alpha value is -0.970. The number of hydrogen-bond acceptors (Lipinski definition) is 5. The molecule has 90 valence electrons. The quantitative estimate of drug-likeness (QED) is 0.683. The summed E-state index contributed by atoms with van der Waals surface area (Å²) in [7, 11) is 0. The van der Waals surface area contributed by atoms with Crippen LogP contribution in [-0.4, -0.2) is 28.5 Å². The van der Waals surface area contributed by atoms with Gasteiger partial charge in [0.2, 0.25) is 5.95 Å². The number of rotatable bonds is 8. The summed E-state index contributed by atoms with van der Waals surface area (Å²) in [5, 5.41) is 3.17. The van der Waals surface area contributed by atoms with Gasteiger partial charge in [0.05, 0.1) is 0 Å². The van der Waals surface area contributed by atoms with Gasteiger partial charge in [-0.05, 0) is 30.9 Å². The maximum Gasteiger partial charge on any atom is 0.224 e. The predicted octanol–water partition coefficient (Wildman–Crippen LogP) is 2.39. The van der Waals surface area contributed by atoms with Gasteiger partial charge in [-0.15, -0.1) is 0 Å². The monoisotopic (exact) mass is 240 g/mol. The molecule has 1 rings (SSSR count). The van der Waals surface area contributed by atoms with Crippen molar-refractivity contribution in [2.24, 2.45) is 0 Å². The lowest BCUT2D eigenvalue weighted by Crippen LogP contribution is -2.06. The van der Waals surface area contributed by atoms with Crippen LogP contribution in [0.5, 0.6) is 0 Å². The topological polar surface area (TPSA) is 63.8 Å². The van der Waals surface area contributed by atoms with E-state index in [2.05, 4.69) is 21.5 Å². The number of nitrogens with one attached hydrogen (secondary N) is 1. The van der Waals surface area contributed by atoms with E-state index in [0.717, 1.165) is 13.0 Å². The molecule has 4 nitrogen and oxygen atoms in total. The highest BCUT2D eigenvalue weighted by Gasteiger charge is 1.95. The van der Waals surface area contributed by atoms with Crippen LogP contribution in [0, 0.1) is 0 Å². The minimum absolute atomic E-state index is 0.512. The smallest absolute Gasteiger partial charge is 0.224 e. The predicted molar refractivity (Wildman–Crippen MR) is 71.8 cm³/mol.